The van der Waals surface area contributed by atoms with Gasteiger partial charge in [0.25, 0.3) is 0 Å². The summed E-state index contributed by atoms with van der Waals surface area (Å²) in [5.74, 6) is -0.00716. The van der Waals surface area contributed by atoms with Crippen LogP contribution in [0, 0.1) is 17.7 Å². The van der Waals surface area contributed by atoms with Gasteiger partial charge in [-0.3, -0.25) is 0 Å². The Morgan fingerprint density at radius 2 is 2.00 bits per heavy atom. The van der Waals surface area contributed by atoms with E-state index in [4.69, 9.17) is 11.6 Å². The number of fused-ring (bicyclic) bond motifs is 1. The Morgan fingerprint density at radius 1 is 1.29 bits per heavy atom. The van der Waals surface area contributed by atoms with Crippen LogP contribution >= 0.6 is 24.0 Å². The van der Waals surface area contributed by atoms with Crippen molar-refractivity contribution in [2.45, 2.75) is 11.3 Å². The maximum atomic E-state index is 14.0. The summed E-state index contributed by atoms with van der Waals surface area (Å²) in [6.45, 7) is 2.67. The smallest absolute Gasteiger partial charge is 0.246 e. The molecule has 2 heterocycles. The second-order valence-corrected chi connectivity index (χ2v) is 7.70. The Morgan fingerprint density at radius 3 is 2.76 bits per heavy atom. The number of nitrogens with one attached hydrogen (secondary N) is 1. The zero-order chi connectivity index (χ0) is 14.3. The minimum absolute atomic E-state index is 0. The first-order chi connectivity index (χ1) is 9.50. The van der Waals surface area contributed by atoms with Gasteiger partial charge in [0.15, 0.2) is 5.82 Å². The molecule has 0 radical (unpaired) electrons. The van der Waals surface area contributed by atoms with Crippen molar-refractivity contribution in [2.75, 3.05) is 26.2 Å². The Hall–Kier alpha value is -0.400. The normalized spacial score (nSPS) is 26.2. The van der Waals surface area contributed by atoms with Crippen molar-refractivity contribution in [3.8, 4) is 0 Å². The standard InChI is InChI=1S/C13H16ClFN2O2S.ClH/c14-11-2-1-3-12(13(11)15)20(18,19)17-5-4-9-6-16-7-10(9)8-17;/h1-3,9-10,16H,4-8H2;1H. The van der Waals surface area contributed by atoms with Gasteiger partial charge in [0.1, 0.15) is 4.90 Å². The topological polar surface area (TPSA) is 49.4 Å². The lowest BCUT2D eigenvalue weighted by atomic mass is 9.90. The van der Waals surface area contributed by atoms with Gasteiger partial charge in [0, 0.05) is 13.1 Å². The predicted molar refractivity (Wildman–Crippen MR) is 81.9 cm³/mol. The number of halogens is 3. The first kappa shape index (κ1) is 17.0. The van der Waals surface area contributed by atoms with Gasteiger partial charge in [-0.2, -0.15) is 4.31 Å². The molecule has 118 valence electrons. The summed E-state index contributed by atoms with van der Waals surface area (Å²) in [6, 6.07) is 4.08. The van der Waals surface area contributed by atoms with Crippen molar-refractivity contribution >= 4 is 34.0 Å². The summed E-state index contributed by atoms with van der Waals surface area (Å²) in [5.41, 5.74) is 0. The maximum Gasteiger partial charge on any atom is 0.246 e. The Balaban J connectivity index is 0.00000161. The molecule has 2 aliphatic rings. The van der Waals surface area contributed by atoms with E-state index in [2.05, 4.69) is 5.32 Å². The van der Waals surface area contributed by atoms with E-state index in [9.17, 15) is 12.8 Å². The molecule has 2 unspecified atom stereocenters. The third-order valence-corrected chi connectivity index (χ3v) is 6.38. The summed E-state index contributed by atoms with van der Waals surface area (Å²) >= 11 is 5.68. The monoisotopic (exact) mass is 354 g/mol. The quantitative estimate of drug-likeness (QED) is 0.884. The van der Waals surface area contributed by atoms with E-state index in [1.165, 1.54) is 22.5 Å². The van der Waals surface area contributed by atoms with E-state index in [0.29, 0.717) is 24.9 Å². The second kappa shape index (κ2) is 6.38. The average Bonchev–Trinajstić information content (AvgIpc) is 2.89. The van der Waals surface area contributed by atoms with Crippen molar-refractivity contribution in [1.82, 2.24) is 9.62 Å². The molecule has 4 nitrogen and oxygen atoms in total. The molecule has 1 aromatic carbocycles. The fraction of sp³-hybridized carbons (Fsp3) is 0.538. The Kier molecular flexibility index (Phi) is 5.15. The first-order valence-corrected chi connectivity index (χ1v) is 8.47. The third-order valence-electron chi connectivity index (χ3n) is 4.20. The van der Waals surface area contributed by atoms with E-state index >= 15 is 0 Å². The lowest BCUT2D eigenvalue weighted by Gasteiger charge is -2.33. The number of sulfonamides is 1. The largest absolute Gasteiger partial charge is 0.316 e. The van der Waals surface area contributed by atoms with E-state index in [-0.39, 0.29) is 22.3 Å². The molecule has 1 N–H and O–H groups in total. The van der Waals surface area contributed by atoms with Gasteiger partial charge >= 0.3 is 0 Å². The summed E-state index contributed by atoms with van der Waals surface area (Å²) < 4.78 is 40.5. The van der Waals surface area contributed by atoms with Gasteiger partial charge in [-0.25, -0.2) is 12.8 Å². The summed E-state index contributed by atoms with van der Waals surface area (Å²) in [5, 5.41) is 3.12. The molecule has 3 rings (SSSR count). The highest BCUT2D eigenvalue weighted by molar-refractivity contribution is 7.89. The van der Waals surface area contributed by atoms with Crippen LogP contribution in [0.2, 0.25) is 5.02 Å². The van der Waals surface area contributed by atoms with Crippen LogP contribution in [0.1, 0.15) is 6.42 Å². The number of hydrogen-bond acceptors (Lipinski definition) is 3. The van der Waals surface area contributed by atoms with E-state index < -0.39 is 15.8 Å². The van der Waals surface area contributed by atoms with E-state index in [1.807, 2.05) is 0 Å². The van der Waals surface area contributed by atoms with Crippen molar-refractivity contribution in [3.05, 3.63) is 29.0 Å². The maximum absolute atomic E-state index is 14.0. The van der Waals surface area contributed by atoms with Gasteiger partial charge in [0.05, 0.1) is 5.02 Å². The molecule has 0 saturated carbocycles. The van der Waals surface area contributed by atoms with Gasteiger partial charge in [-0.15, -0.1) is 12.4 Å². The molecule has 0 amide bonds. The van der Waals surface area contributed by atoms with Crippen LogP contribution < -0.4 is 5.32 Å². The number of benzene rings is 1. The molecule has 2 atom stereocenters. The lowest BCUT2D eigenvalue weighted by Crippen LogP contribution is -2.43. The predicted octanol–water partition coefficient (Wildman–Crippen LogP) is 2.13. The molecule has 2 aliphatic heterocycles. The van der Waals surface area contributed by atoms with Gasteiger partial charge < -0.3 is 5.32 Å². The Bertz CT molecular complexity index is 627. The highest BCUT2D eigenvalue weighted by Crippen LogP contribution is 2.31. The number of nitrogens with zero attached hydrogens (tertiary/aromatic N) is 1. The molecule has 2 saturated heterocycles. The minimum Gasteiger partial charge on any atom is -0.316 e. The fourth-order valence-corrected chi connectivity index (χ4v) is 4.87. The lowest BCUT2D eigenvalue weighted by molar-refractivity contribution is 0.227. The van der Waals surface area contributed by atoms with Gasteiger partial charge in [0.2, 0.25) is 10.0 Å². The molecule has 1 aromatic rings. The molecule has 0 spiro atoms. The van der Waals surface area contributed by atoms with Crippen LogP contribution in [0.4, 0.5) is 4.39 Å². The number of hydrogen-bond donors (Lipinski definition) is 1. The van der Waals surface area contributed by atoms with Crippen LogP contribution in [-0.4, -0.2) is 38.9 Å². The van der Waals surface area contributed by atoms with Gasteiger partial charge in [-0.1, -0.05) is 17.7 Å². The molecule has 0 bridgehead atoms. The molecule has 21 heavy (non-hydrogen) atoms. The van der Waals surface area contributed by atoms with Crippen molar-refractivity contribution < 1.29 is 12.8 Å². The van der Waals surface area contributed by atoms with Crippen LogP contribution in [0.3, 0.4) is 0 Å². The van der Waals surface area contributed by atoms with Crippen LogP contribution in [0.5, 0.6) is 0 Å². The van der Waals surface area contributed by atoms with Crippen molar-refractivity contribution in [1.29, 1.82) is 0 Å². The van der Waals surface area contributed by atoms with Crippen molar-refractivity contribution in [2.24, 2.45) is 11.8 Å². The highest BCUT2D eigenvalue weighted by Gasteiger charge is 2.38. The Labute approximate surface area is 135 Å². The zero-order valence-electron chi connectivity index (χ0n) is 11.3. The zero-order valence-corrected chi connectivity index (χ0v) is 13.6. The minimum atomic E-state index is -3.81. The molecule has 0 aromatic heterocycles. The van der Waals surface area contributed by atoms with Crippen LogP contribution in [-0.2, 0) is 10.0 Å². The molecular weight excluding hydrogens is 338 g/mol. The van der Waals surface area contributed by atoms with Gasteiger partial charge in [-0.05, 0) is 43.5 Å². The fourth-order valence-electron chi connectivity index (χ4n) is 3.04. The third kappa shape index (κ3) is 3.05. The van der Waals surface area contributed by atoms with Crippen LogP contribution in [0.15, 0.2) is 23.1 Å². The first-order valence-electron chi connectivity index (χ1n) is 6.65. The summed E-state index contributed by atoms with van der Waals surface area (Å²) in [6.07, 6.45) is 0.819. The second-order valence-electron chi connectivity index (χ2n) is 5.38. The van der Waals surface area contributed by atoms with Crippen molar-refractivity contribution in [3.63, 3.8) is 0 Å². The number of piperidine rings is 1. The molecule has 8 heteroatoms. The molecule has 2 fully saturated rings. The number of rotatable bonds is 2. The van der Waals surface area contributed by atoms with Crippen LogP contribution in [0.25, 0.3) is 0 Å². The summed E-state index contributed by atoms with van der Waals surface area (Å²) in [7, 11) is -3.81. The van der Waals surface area contributed by atoms with E-state index in [0.717, 1.165) is 19.5 Å². The molecule has 0 aliphatic carbocycles. The highest BCUT2D eigenvalue weighted by atomic mass is 35.5. The average molecular weight is 355 g/mol. The SMILES string of the molecule is Cl.O=S(=O)(c1cccc(Cl)c1F)N1CCC2CNCC2C1. The summed E-state index contributed by atoms with van der Waals surface area (Å²) in [4.78, 5) is -0.325. The van der Waals surface area contributed by atoms with E-state index in [1.54, 1.807) is 0 Å². The molecular formula is C13H17Cl2FN2O2S.